The molecule has 0 saturated carbocycles. The van der Waals surface area contributed by atoms with Crippen LogP contribution in [0.5, 0.6) is 0 Å². The van der Waals surface area contributed by atoms with Crippen LogP contribution in [0.1, 0.15) is 43.9 Å². The number of ether oxygens (including phenoxy) is 1. The lowest BCUT2D eigenvalue weighted by molar-refractivity contribution is 0.0402. The van der Waals surface area contributed by atoms with Gasteiger partial charge < -0.3 is 15.0 Å². The first-order valence-electron chi connectivity index (χ1n) is 8.34. The molecule has 1 atom stereocenters. The van der Waals surface area contributed by atoms with Crippen LogP contribution in [0, 0.1) is 0 Å². The minimum absolute atomic E-state index is 0.411. The van der Waals surface area contributed by atoms with Crippen LogP contribution in [0.4, 0.5) is 0 Å². The average Bonchev–Trinajstić information content (AvgIpc) is 2.55. The Morgan fingerprint density at radius 1 is 1.19 bits per heavy atom. The summed E-state index contributed by atoms with van der Waals surface area (Å²) in [7, 11) is 2.25. The number of hydrogen-bond acceptors (Lipinski definition) is 3. The lowest BCUT2D eigenvalue weighted by Gasteiger charge is -2.34. The van der Waals surface area contributed by atoms with Gasteiger partial charge in [-0.15, -0.1) is 0 Å². The lowest BCUT2D eigenvalue weighted by Crippen LogP contribution is -2.41. The van der Waals surface area contributed by atoms with E-state index in [1.807, 2.05) is 0 Å². The van der Waals surface area contributed by atoms with Gasteiger partial charge in [-0.1, -0.05) is 38.1 Å². The number of rotatable bonds is 7. The number of aryl methyl sites for hydroxylation is 1. The minimum Gasteiger partial charge on any atom is -0.381 e. The van der Waals surface area contributed by atoms with Crippen LogP contribution in [0.15, 0.2) is 24.3 Å². The average molecular weight is 290 g/mol. The summed E-state index contributed by atoms with van der Waals surface area (Å²) >= 11 is 0. The third kappa shape index (κ3) is 4.80. The van der Waals surface area contributed by atoms with Crippen molar-refractivity contribution in [2.45, 2.75) is 45.2 Å². The van der Waals surface area contributed by atoms with Gasteiger partial charge in [-0.3, -0.25) is 0 Å². The summed E-state index contributed by atoms with van der Waals surface area (Å²) in [5.41, 5.74) is 2.81. The molecule has 1 aromatic carbocycles. The second kappa shape index (κ2) is 8.52. The Bertz CT molecular complexity index is 398. The first-order valence-corrected chi connectivity index (χ1v) is 8.34. The largest absolute Gasteiger partial charge is 0.381 e. The summed E-state index contributed by atoms with van der Waals surface area (Å²) in [5, 5.41) is 3.63. The van der Waals surface area contributed by atoms with Crippen LogP contribution in [0.3, 0.4) is 0 Å². The highest BCUT2D eigenvalue weighted by Crippen LogP contribution is 2.19. The van der Waals surface area contributed by atoms with Gasteiger partial charge in [-0.05, 0) is 44.0 Å². The van der Waals surface area contributed by atoms with Crippen molar-refractivity contribution < 1.29 is 4.74 Å². The summed E-state index contributed by atoms with van der Waals surface area (Å²) in [4.78, 5) is 2.50. The van der Waals surface area contributed by atoms with E-state index in [4.69, 9.17) is 4.74 Å². The third-order valence-corrected chi connectivity index (χ3v) is 4.53. The van der Waals surface area contributed by atoms with E-state index in [1.54, 1.807) is 0 Å². The van der Waals surface area contributed by atoms with E-state index in [0.717, 1.165) is 45.6 Å². The predicted octanol–water partition coefficient (Wildman–Crippen LogP) is 3.01. The van der Waals surface area contributed by atoms with Crippen molar-refractivity contribution >= 4 is 0 Å². The Labute approximate surface area is 129 Å². The van der Waals surface area contributed by atoms with E-state index < -0.39 is 0 Å². The van der Waals surface area contributed by atoms with E-state index in [9.17, 15) is 0 Å². The molecule has 0 radical (unpaired) electrons. The van der Waals surface area contributed by atoms with Gasteiger partial charge in [-0.2, -0.15) is 0 Å². The highest BCUT2D eigenvalue weighted by Gasteiger charge is 2.21. The Morgan fingerprint density at radius 2 is 1.86 bits per heavy atom. The molecule has 3 heteroatoms. The molecular weight excluding hydrogens is 260 g/mol. The summed E-state index contributed by atoms with van der Waals surface area (Å²) < 4.78 is 5.47. The fourth-order valence-electron chi connectivity index (χ4n) is 3.08. The van der Waals surface area contributed by atoms with Crippen LogP contribution in [0.25, 0.3) is 0 Å². The van der Waals surface area contributed by atoms with Crippen LogP contribution >= 0.6 is 0 Å². The van der Waals surface area contributed by atoms with Crippen molar-refractivity contribution in [1.29, 1.82) is 0 Å². The molecule has 0 bridgehead atoms. The summed E-state index contributed by atoms with van der Waals surface area (Å²) in [6.45, 7) is 8.27. The Hall–Kier alpha value is -0.900. The molecule has 1 aliphatic rings. The van der Waals surface area contributed by atoms with Crippen LogP contribution in [-0.4, -0.2) is 44.3 Å². The second-order valence-corrected chi connectivity index (χ2v) is 5.99. The molecule has 118 valence electrons. The number of hydrogen-bond donors (Lipinski definition) is 1. The quantitative estimate of drug-likeness (QED) is 0.835. The number of likely N-dealkylation sites (N-methyl/N-ethyl adjacent to an activating group) is 2. The smallest absolute Gasteiger partial charge is 0.0480 e. The van der Waals surface area contributed by atoms with E-state index in [-0.39, 0.29) is 0 Å². The van der Waals surface area contributed by atoms with Gasteiger partial charge in [0.15, 0.2) is 0 Å². The van der Waals surface area contributed by atoms with Gasteiger partial charge in [0, 0.05) is 31.8 Å². The topological polar surface area (TPSA) is 24.5 Å². The molecule has 1 N–H and O–H groups in total. The van der Waals surface area contributed by atoms with Gasteiger partial charge >= 0.3 is 0 Å². The van der Waals surface area contributed by atoms with Crippen LogP contribution < -0.4 is 5.32 Å². The molecule has 1 aliphatic heterocycles. The molecule has 1 unspecified atom stereocenters. The zero-order chi connectivity index (χ0) is 15.1. The fourth-order valence-corrected chi connectivity index (χ4v) is 3.08. The zero-order valence-electron chi connectivity index (χ0n) is 13.8. The van der Waals surface area contributed by atoms with Crippen molar-refractivity contribution in [3.05, 3.63) is 35.4 Å². The molecule has 3 nitrogen and oxygen atoms in total. The fraction of sp³-hybridized carbons (Fsp3) is 0.667. The number of nitrogens with one attached hydrogen (secondary N) is 1. The molecule has 1 fully saturated rings. The maximum absolute atomic E-state index is 5.47. The highest BCUT2D eigenvalue weighted by atomic mass is 16.5. The van der Waals surface area contributed by atoms with Gasteiger partial charge in [-0.25, -0.2) is 0 Å². The van der Waals surface area contributed by atoms with E-state index in [0.29, 0.717) is 12.1 Å². The van der Waals surface area contributed by atoms with Crippen molar-refractivity contribution in [3.8, 4) is 0 Å². The molecule has 21 heavy (non-hydrogen) atoms. The predicted molar refractivity (Wildman–Crippen MR) is 88.7 cm³/mol. The maximum atomic E-state index is 5.47. The van der Waals surface area contributed by atoms with E-state index in [2.05, 4.69) is 55.4 Å². The third-order valence-electron chi connectivity index (χ3n) is 4.53. The summed E-state index contributed by atoms with van der Waals surface area (Å²) in [6.07, 6.45) is 3.42. The Morgan fingerprint density at radius 3 is 2.43 bits per heavy atom. The van der Waals surface area contributed by atoms with Crippen molar-refractivity contribution in [3.63, 3.8) is 0 Å². The Kier molecular flexibility index (Phi) is 6.68. The molecule has 1 aromatic rings. The molecule has 1 heterocycles. The first-order chi connectivity index (χ1) is 10.2. The highest BCUT2D eigenvalue weighted by molar-refractivity contribution is 5.25. The SMILES string of the molecule is CCNC(CN(C)C1CCOCC1)c1ccc(CC)cc1. The van der Waals surface area contributed by atoms with Crippen LogP contribution in [-0.2, 0) is 11.2 Å². The van der Waals surface area contributed by atoms with Gasteiger partial charge in [0.05, 0.1) is 0 Å². The maximum Gasteiger partial charge on any atom is 0.0480 e. The minimum atomic E-state index is 0.411. The molecule has 0 spiro atoms. The molecule has 0 aliphatic carbocycles. The molecule has 2 rings (SSSR count). The number of benzene rings is 1. The van der Waals surface area contributed by atoms with Crippen molar-refractivity contribution in [2.24, 2.45) is 0 Å². The lowest BCUT2D eigenvalue weighted by atomic mass is 10.0. The van der Waals surface area contributed by atoms with Crippen molar-refractivity contribution in [2.75, 3.05) is 33.4 Å². The number of nitrogens with zero attached hydrogens (tertiary/aromatic N) is 1. The van der Waals surface area contributed by atoms with Gasteiger partial charge in [0.25, 0.3) is 0 Å². The molecular formula is C18H30N2O. The van der Waals surface area contributed by atoms with Gasteiger partial charge in [0.2, 0.25) is 0 Å². The molecule has 1 saturated heterocycles. The van der Waals surface area contributed by atoms with Crippen LogP contribution in [0.2, 0.25) is 0 Å². The standard InChI is InChI=1S/C18H30N2O/c1-4-15-6-8-16(9-7-15)18(19-5-2)14-20(3)17-10-12-21-13-11-17/h6-9,17-19H,4-5,10-14H2,1-3H3. The first kappa shape index (κ1) is 16.5. The van der Waals surface area contributed by atoms with Gasteiger partial charge in [0.1, 0.15) is 0 Å². The molecule has 0 aromatic heterocycles. The second-order valence-electron chi connectivity index (χ2n) is 5.99. The zero-order valence-corrected chi connectivity index (χ0v) is 13.8. The van der Waals surface area contributed by atoms with Crippen molar-refractivity contribution in [1.82, 2.24) is 10.2 Å². The van der Waals surface area contributed by atoms with E-state index in [1.165, 1.54) is 11.1 Å². The normalized spacial score (nSPS) is 18.1. The summed E-state index contributed by atoms with van der Waals surface area (Å²) in [5.74, 6) is 0. The Balaban J connectivity index is 1.99. The molecule has 0 amide bonds. The summed E-state index contributed by atoms with van der Waals surface area (Å²) in [6, 6.07) is 10.2. The van der Waals surface area contributed by atoms with E-state index >= 15 is 0 Å². The monoisotopic (exact) mass is 290 g/mol.